The van der Waals surface area contributed by atoms with E-state index in [-0.39, 0.29) is 5.97 Å². The molecule has 1 heterocycles. The predicted octanol–water partition coefficient (Wildman–Crippen LogP) is 7.66. The van der Waals surface area contributed by atoms with Crippen LogP contribution in [-0.4, -0.2) is 17.6 Å². The van der Waals surface area contributed by atoms with Crippen molar-refractivity contribution in [2.24, 2.45) is 0 Å². The van der Waals surface area contributed by atoms with E-state index in [9.17, 15) is 4.79 Å². The minimum absolute atomic E-state index is 0.368. The Kier molecular flexibility index (Phi) is 9.96. The third-order valence-electron chi connectivity index (χ3n) is 5.62. The van der Waals surface area contributed by atoms with Crippen molar-refractivity contribution < 1.29 is 14.3 Å². The Hall–Kier alpha value is -3.14. The molecule has 0 fully saturated rings. The number of hydrogen-bond acceptors (Lipinski definition) is 4. The number of carbonyl (C=O) groups excluding carboxylic acids is 1. The lowest BCUT2D eigenvalue weighted by atomic mass is 10.0. The fraction of sp³-hybridized carbons (Fsp3) is 0.379. The highest BCUT2D eigenvalue weighted by molar-refractivity contribution is 5.91. The summed E-state index contributed by atoms with van der Waals surface area (Å²) in [6.07, 6.45) is 11.1. The normalized spacial score (nSPS) is 10.7. The maximum absolute atomic E-state index is 12.5. The number of pyridine rings is 1. The first-order chi connectivity index (χ1) is 16.2. The zero-order valence-electron chi connectivity index (χ0n) is 19.9. The summed E-state index contributed by atoms with van der Waals surface area (Å²) in [6, 6.07) is 19.2. The standard InChI is InChI=1S/C29H35NO3/c1-3-5-7-8-9-10-23-11-13-25(14-12-23)29(31)33-27-19-20-28(30-22-27)24-15-17-26(18-16-24)32-21-6-4-2/h11-20,22H,3-10,21H2,1-2H3. The molecule has 0 aliphatic rings. The summed E-state index contributed by atoms with van der Waals surface area (Å²) in [6.45, 7) is 5.10. The molecular weight excluding hydrogens is 410 g/mol. The Morgan fingerprint density at radius 2 is 1.45 bits per heavy atom. The van der Waals surface area contributed by atoms with E-state index in [1.165, 1.54) is 37.7 Å². The van der Waals surface area contributed by atoms with Gasteiger partial charge in [-0.25, -0.2) is 4.79 Å². The molecule has 0 radical (unpaired) electrons. The number of unbranched alkanes of at least 4 members (excludes halogenated alkanes) is 5. The molecule has 0 aliphatic heterocycles. The molecule has 174 valence electrons. The first-order valence-corrected chi connectivity index (χ1v) is 12.2. The molecule has 0 saturated heterocycles. The van der Waals surface area contributed by atoms with Crippen molar-refractivity contribution >= 4 is 5.97 Å². The molecule has 0 N–H and O–H groups in total. The second-order valence-electron chi connectivity index (χ2n) is 8.36. The van der Waals surface area contributed by atoms with E-state index in [0.717, 1.165) is 42.9 Å². The van der Waals surface area contributed by atoms with Crippen LogP contribution in [0.1, 0.15) is 74.7 Å². The summed E-state index contributed by atoms with van der Waals surface area (Å²) < 4.78 is 11.2. The second kappa shape index (κ2) is 13.4. The average molecular weight is 446 g/mol. The van der Waals surface area contributed by atoms with Gasteiger partial charge in [-0.2, -0.15) is 0 Å². The van der Waals surface area contributed by atoms with Gasteiger partial charge in [0, 0.05) is 5.56 Å². The second-order valence-corrected chi connectivity index (χ2v) is 8.36. The Morgan fingerprint density at radius 3 is 2.12 bits per heavy atom. The van der Waals surface area contributed by atoms with Crippen LogP contribution in [0.5, 0.6) is 11.5 Å². The SMILES string of the molecule is CCCCCCCc1ccc(C(=O)Oc2ccc(-c3ccc(OCCCC)cc3)nc2)cc1. The molecule has 0 spiro atoms. The van der Waals surface area contributed by atoms with Crippen LogP contribution in [0.25, 0.3) is 11.3 Å². The number of carbonyl (C=O) groups is 1. The maximum atomic E-state index is 12.5. The van der Waals surface area contributed by atoms with Crippen LogP contribution < -0.4 is 9.47 Å². The molecule has 3 aromatic rings. The smallest absolute Gasteiger partial charge is 0.343 e. The predicted molar refractivity (Wildman–Crippen MR) is 134 cm³/mol. The summed E-state index contributed by atoms with van der Waals surface area (Å²) in [5, 5.41) is 0. The first-order valence-electron chi connectivity index (χ1n) is 12.2. The van der Waals surface area contributed by atoms with Crippen LogP contribution in [-0.2, 0) is 6.42 Å². The lowest BCUT2D eigenvalue weighted by Crippen LogP contribution is -2.08. The van der Waals surface area contributed by atoms with Crippen molar-refractivity contribution in [1.29, 1.82) is 0 Å². The molecule has 3 rings (SSSR count). The monoisotopic (exact) mass is 445 g/mol. The molecule has 1 aromatic heterocycles. The minimum atomic E-state index is -0.368. The third kappa shape index (κ3) is 8.05. The van der Waals surface area contributed by atoms with Crippen molar-refractivity contribution in [3.63, 3.8) is 0 Å². The van der Waals surface area contributed by atoms with Crippen LogP contribution in [0.2, 0.25) is 0 Å². The Bertz CT molecular complexity index is 963. The number of aryl methyl sites for hydroxylation is 1. The Balaban J connectivity index is 1.50. The van der Waals surface area contributed by atoms with Gasteiger partial charge in [-0.3, -0.25) is 4.98 Å². The van der Waals surface area contributed by atoms with Gasteiger partial charge in [-0.1, -0.05) is 58.1 Å². The zero-order chi connectivity index (χ0) is 23.3. The van der Waals surface area contributed by atoms with Gasteiger partial charge >= 0.3 is 5.97 Å². The molecule has 0 aliphatic carbocycles. The van der Waals surface area contributed by atoms with Gasteiger partial charge in [0.1, 0.15) is 11.5 Å². The molecule has 0 atom stereocenters. The van der Waals surface area contributed by atoms with Gasteiger partial charge in [0.05, 0.1) is 24.1 Å². The molecule has 0 saturated carbocycles. The fourth-order valence-corrected chi connectivity index (χ4v) is 3.57. The number of benzene rings is 2. The van der Waals surface area contributed by atoms with Gasteiger partial charge in [-0.15, -0.1) is 0 Å². The van der Waals surface area contributed by atoms with Crippen molar-refractivity contribution in [3.8, 4) is 22.8 Å². The van der Waals surface area contributed by atoms with Gasteiger partial charge in [0.25, 0.3) is 0 Å². The van der Waals surface area contributed by atoms with E-state index in [0.29, 0.717) is 11.3 Å². The summed E-state index contributed by atoms with van der Waals surface area (Å²) in [5.74, 6) is 0.927. The summed E-state index contributed by atoms with van der Waals surface area (Å²) in [7, 11) is 0. The topological polar surface area (TPSA) is 48.4 Å². The highest BCUT2D eigenvalue weighted by Gasteiger charge is 2.10. The summed E-state index contributed by atoms with van der Waals surface area (Å²) in [5.41, 5.74) is 3.61. The fourth-order valence-electron chi connectivity index (χ4n) is 3.57. The zero-order valence-corrected chi connectivity index (χ0v) is 19.9. The van der Waals surface area contributed by atoms with Crippen LogP contribution in [0.15, 0.2) is 66.9 Å². The van der Waals surface area contributed by atoms with Gasteiger partial charge in [0.2, 0.25) is 0 Å². The van der Waals surface area contributed by atoms with Crippen LogP contribution in [0.3, 0.4) is 0 Å². The summed E-state index contributed by atoms with van der Waals surface area (Å²) in [4.78, 5) is 16.9. The number of esters is 1. The highest BCUT2D eigenvalue weighted by Crippen LogP contribution is 2.23. The summed E-state index contributed by atoms with van der Waals surface area (Å²) >= 11 is 0. The number of ether oxygens (including phenoxy) is 2. The van der Waals surface area contributed by atoms with Gasteiger partial charge in [0.15, 0.2) is 0 Å². The van der Waals surface area contributed by atoms with E-state index in [1.807, 2.05) is 54.6 Å². The van der Waals surface area contributed by atoms with E-state index < -0.39 is 0 Å². The van der Waals surface area contributed by atoms with Crippen molar-refractivity contribution in [1.82, 2.24) is 4.98 Å². The lowest BCUT2D eigenvalue weighted by molar-refractivity contribution is 0.0734. The molecule has 0 amide bonds. The van der Waals surface area contributed by atoms with Gasteiger partial charge < -0.3 is 9.47 Å². The van der Waals surface area contributed by atoms with Crippen molar-refractivity contribution in [3.05, 3.63) is 78.0 Å². The number of aromatic nitrogens is 1. The average Bonchev–Trinajstić information content (AvgIpc) is 2.85. The van der Waals surface area contributed by atoms with E-state index in [1.54, 1.807) is 12.3 Å². The molecule has 2 aromatic carbocycles. The molecule has 4 nitrogen and oxygen atoms in total. The number of rotatable bonds is 13. The van der Waals surface area contributed by atoms with Gasteiger partial charge in [-0.05, 0) is 73.4 Å². The largest absolute Gasteiger partial charge is 0.494 e. The Morgan fingerprint density at radius 1 is 0.758 bits per heavy atom. The first kappa shape index (κ1) is 24.5. The lowest BCUT2D eigenvalue weighted by Gasteiger charge is -2.08. The van der Waals surface area contributed by atoms with Crippen molar-refractivity contribution in [2.45, 2.75) is 65.2 Å². The van der Waals surface area contributed by atoms with Crippen LogP contribution in [0, 0.1) is 0 Å². The van der Waals surface area contributed by atoms with Crippen LogP contribution >= 0.6 is 0 Å². The maximum Gasteiger partial charge on any atom is 0.343 e. The highest BCUT2D eigenvalue weighted by atomic mass is 16.5. The molecule has 33 heavy (non-hydrogen) atoms. The molecule has 0 unspecified atom stereocenters. The molecular formula is C29H35NO3. The molecule has 4 heteroatoms. The number of hydrogen-bond donors (Lipinski definition) is 0. The van der Waals surface area contributed by atoms with E-state index >= 15 is 0 Å². The minimum Gasteiger partial charge on any atom is -0.494 e. The molecule has 0 bridgehead atoms. The van der Waals surface area contributed by atoms with E-state index in [2.05, 4.69) is 18.8 Å². The quantitative estimate of drug-likeness (QED) is 0.200. The van der Waals surface area contributed by atoms with E-state index in [4.69, 9.17) is 9.47 Å². The van der Waals surface area contributed by atoms with Crippen molar-refractivity contribution in [2.75, 3.05) is 6.61 Å². The Labute approximate surface area is 198 Å². The number of nitrogens with zero attached hydrogens (tertiary/aromatic N) is 1. The van der Waals surface area contributed by atoms with Crippen LogP contribution in [0.4, 0.5) is 0 Å². The third-order valence-corrected chi connectivity index (χ3v) is 5.62.